The van der Waals surface area contributed by atoms with Crippen molar-refractivity contribution in [2.75, 3.05) is 0 Å². The zero-order valence-electron chi connectivity index (χ0n) is 12.2. The van der Waals surface area contributed by atoms with Crippen molar-refractivity contribution in [2.24, 2.45) is 0 Å². The molecule has 1 N–H and O–H groups in total. The summed E-state index contributed by atoms with van der Waals surface area (Å²) >= 11 is 0. The molecule has 1 heterocycles. The molecule has 4 heteroatoms. The average molecular weight is 272 g/mol. The van der Waals surface area contributed by atoms with Crippen LogP contribution in [-0.4, -0.2) is 20.9 Å². The molecule has 20 heavy (non-hydrogen) atoms. The number of aliphatic carboxylic acids is 1. The molecule has 4 nitrogen and oxygen atoms in total. The second kappa shape index (κ2) is 5.90. The molecule has 0 aliphatic rings. The molecule has 2 aromatic rings. The van der Waals surface area contributed by atoms with Gasteiger partial charge in [-0.3, -0.25) is 4.79 Å². The summed E-state index contributed by atoms with van der Waals surface area (Å²) in [4.78, 5) is 11.1. The minimum atomic E-state index is -0.807. The van der Waals surface area contributed by atoms with Crippen LogP contribution in [0, 0.1) is 6.92 Å². The SMILES string of the molecule is CCc1nn(-c2cccc(C)c2)c(CC)c1CC(=O)O. The van der Waals surface area contributed by atoms with Crippen LogP contribution in [0.3, 0.4) is 0 Å². The van der Waals surface area contributed by atoms with E-state index < -0.39 is 5.97 Å². The number of carboxylic acid groups (broad SMARTS) is 1. The van der Waals surface area contributed by atoms with E-state index in [2.05, 4.69) is 11.2 Å². The van der Waals surface area contributed by atoms with Crippen LogP contribution in [0.5, 0.6) is 0 Å². The van der Waals surface area contributed by atoms with E-state index >= 15 is 0 Å². The molecule has 0 fully saturated rings. The number of nitrogens with zero attached hydrogens (tertiary/aromatic N) is 2. The van der Waals surface area contributed by atoms with Gasteiger partial charge in [-0.15, -0.1) is 0 Å². The number of hydrogen-bond acceptors (Lipinski definition) is 2. The zero-order valence-corrected chi connectivity index (χ0v) is 12.2. The van der Waals surface area contributed by atoms with E-state index in [0.29, 0.717) is 0 Å². The van der Waals surface area contributed by atoms with Crippen molar-refractivity contribution in [3.05, 3.63) is 46.8 Å². The molecule has 0 spiro atoms. The van der Waals surface area contributed by atoms with E-state index in [1.165, 1.54) is 0 Å². The third kappa shape index (κ3) is 2.74. The predicted molar refractivity (Wildman–Crippen MR) is 78.4 cm³/mol. The fourth-order valence-corrected chi connectivity index (χ4v) is 2.51. The number of aromatic nitrogens is 2. The van der Waals surface area contributed by atoms with Crippen molar-refractivity contribution in [3.63, 3.8) is 0 Å². The van der Waals surface area contributed by atoms with Gasteiger partial charge in [0.15, 0.2) is 0 Å². The molecular formula is C16H20N2O2. The van der Waals surface area contributed by atoms with E-state index in [4.69, 9.17) is 5.11 Å². The molecular weight excluding hydrogens is 252 g/mol. The number of carbonyl (C=O) groups is 1. The predicted octanol–water partition coefficient (Wildman–Crippen LogP) is 2.93. The quantitative estimate of drug-likeness (QED) is 0.910. The van der Waals surface area contributed by atoms with Crippen LogP contribution in [0.1, 0.15) is 36.4 Å². The largest absolute Gasteiger partial charge is 0.481 e. The van der Waals surface area contributed by atoms with E-state index in [1.54, 1.807) is 0 Å². The van der Waals surface area contributed by atoms with Crippen LogP contribution in [0.2, 0.25) is 0 Å². The lowest BCUT2D eigenvalue weighted by molar-refractivity contribution is -0.136. The number of carboxylic acids is 1. The maximum atomic E-state index is 11.1. The fourth-order valence-electron chi connectivity index (χ4n) is 2.51. The Hall–Kier alpha value is -2.10. The summed E-state index contributed by atoms with van der Waals surface area (Å²) in [6.45, 7) is 6.08. The molecule has 0 amide bonds. The number of benzene rings is 1. The first-order chi connectivity index (χ1) is 9.56. The summed E-state index contributed by atoms with van der Waals surface area (Å²) in [6, 6.07) is 8.10. The molecule has 0 aliphatic heterocycles. The Morgan fingerprint density at radius 1 is 1.30 bits per heavy atom. The average Bonchev–Trinajstić information content (AvgIpc) is 2.75. The van der Waals surface area contributed by atoms with E-state index in [-0.39, 0.29) is 6.42 Å². The summed E-state index contributed by atoms with van der Waals surface area (Å²) in [5, 5.41) is 13.7. The Kier molecular flexibility index (Phi) is 4.23. The minimum Gasteiger partial charge on any atom is -0.481 e. The van der Waals surface area contributed by atoms with Crippen LogP contribution in [0.25, 0.3) is 5.69 Å². The Labute approximate surface area is 119 Å². The summed E-state index contributed by atoms with van der Waals surface area (Å²) in [5.74, 6) is -0.807. The van der Waals surface area contributed by atoms with Gasteiger partial charge in [0.05, 0.1) is 17.8 Å². The molecule has 0 aliphatic carbocycles. The summed E-state index contributed by atoms with van der Waals surface area (Å²) in [5.41, 5.74) is 4.90. The lowest BCUT2D eigenvalue weighted by atomic mass is 10.1. The smallest absolute Gasteiger partial charge is 0.307 e. The normalized spacial score (nSPS) is 10.8. The van der Waals surface area contributed by atoms with Gasteiger partial charge < -0.3 is 5.11 Å². The van der Waals surface area contributed by atoms with Crippen molar-refractivity contribution in [2.45, 2.75) is 40.0 Å². The molecule has 0 unspecified atom stereocenters. The molecule has 0 atom stereocenters. The topological polar surface area (TPSA) is 55.1 Å². The Bertz CT molecular complexity index is 629. The van der Waals surface area contributed by atoms with Gasteiger partial charge in [-0.25, -0.2) is 4.68 Å². The fraction of sp³-hybridized carbons (Fsp3) is 0.375. The molecule has 0 radical (unpaired) electrons. The van der Waals surface area contributed by atoms with Crippen molar-refractivity contribution >= 4 is 5.97 Å². The molecule has 106 valence electrons. The summed E-state index contributed by atoms with van der Waals surface area (Å²) < 4.78 is 1.89. The van der Waals surface area contributed by atoms with Gasteiger partial charge in [0.2, 0.25) is 0 Å². The Morgan fingerprint density at radius 2 is 2.05 bits per heavy atom. The number of aryl methyl sites for hydroxylation is 2. The lowest BCUT2D eigenvalue weighted by Crippen LogP contribution is -2.06. The van der Waals surface area contributed by atoms with Gasteiger partial charge in [-0.1, -0.05) is 26.0 Å². The van der Waals surface area contributed by atoms with Gasteiger partial charge >= 0.3 is 5.97 Å². The summed E-state index contributed by atoms with van der Waals surface area (Å²) in [7, 11) is 0. The molecule has 1 aromatic heterocycles. The van der Waals surface area contributed by atoms with Crippen LogP contribution in [0.4, 0.5) is 0 Å². The first-order valence-electron chi connectivity index (χ1n) is 6.95. The molecule has 2 rings (SSSR count). The minimum absolute atomic E-state index is 0.0398. The highest BCUT2D eigenvalue weighted by Crippen LogP contribution is 2.21. The highest BCUT2D eigenvalue weighted by atomic mass is 16.4. The van der Waals surface area contributed by atoms with Crippen molar-refractivity contribution in [1.82, 2.24) is 9.78 Å². The van der Waals surface area contributed by atoms with Crippen molar-refractivity contribution in [3.8, 4) is 5.69 Å². The van der Waals surface area contributed by atoms with Gasteiger partial charge in [0, 0.05) is 11.3 Å². The van der Waals surface area contributed by atoms with E-state index in [1.807, 2.05) is 43.7 Å². The standard InChI is InChI=1S/C16H20N2O2/c1-4-14-13(10-16(19)20)15(5-2)18(17-14)12-8-6-7-11(3)9-12/h6-9H,4-5,10H2,1-3H3,(H,19,20). The van der Waals surface area contributed by atoms with Crippen LogP contribution >= 0.6 is 0 Å². The van der Waals surface area contributed by atoms with Gasteiger partial charge in [-0.05, 0) is 37.5 Å². The molecule has 0 saturated carbocycles. The first-order valence-corrected chi connectivity index (χ1v) is 6.95. The number of hydrogen-bond donors (Lipinski definition) is 1. The highest BCUT2D eigenvalue weighted by Gasteiger charge is 2.18. The monoisotopic (exact) mass is 272 g/mol. The number of rotatable bonds is 5. The van der Waals surface area contributed by atoms with Crippen molar-refractivity contribution < 1.29 is 9.90 Å². The Morgan fingerprint density at radius 3 is 2.60 bits per heavy atom. The van der Waals surface area contributed by atoms with E-state index in [9.17, 15) is 4.79 Å². The third-order valence-corrected chi connectivity index (χ3v) is 3.42. The van der Waals surface area contributed by atoms with Crippen molar-refractivity contribution in [1.29, 1.82) is 0 Å². The maximum Gasteiger partial charge on any atom is 0.307 e. The van der Waals surface area contributed by atoms with Crippen LogP contribution in [0.15, 0.2) is 24.3 Å². The maximum absolute atomic E-state index is 11.1. The second-order valence-corrected chi connectivity index (χ2v) is 4.90. The van der Waals surface area contributed by atoms with Gasteiger partial charge in [-0.2, -0.15) is 5.10 Å². The second-order valence-electron chi connectivity index (χ2n) is 4.90. The Balaban J connectivity index is 2.59. The molecule has 0 saturated heterocycles. The zero-order chi connectivity index (χ0) is 14.7. The lowest BCUT2D eigenvalue weighted by Gasteiger charge is -2.08. The van der Waals surface area contributed by atoms with Gasteiger partial charge in [0.25, 0.3) is 0 Å². The van der Waals surface area contributed by atoms with E-state index in [0.717, 1.165) is 41.0 Å². The van der Waals surface area contributed by atoms with Crippen LogP contribution < -0.4 is 0 Å². The van der Waals surface area contributed by atoms with Crippen LogP contribution in [-0.2, 0) is 24.1 Å². The molecule has 1 aromatic carbocycles. The summed E-state index contributed by atoms with van der Waals surface area (Å²) in [6.07, 6.45) is 1.55. The third-order valence-electron chi connectivity index (χ3n) is 3.42. The van der Waals surface area contributed by atoms with Gasteiger partial charge in [0.1, 0.15) is 0 Å². The highest BCUT2D eigenvalue weighted by molar-refractivity contribution is 5.71. The first kappa shape index (κ1) is 14.3. The molecule has 0 bridgehead atoms.